The highest BCUT2D eigenvalue weighted by Crippen LogP contribution is 2.30. The largest absolute Gasteiger partial charge is 0.479 e. The van der Waals surface area contributed by atoms with E-state index in [1.165, 1.54) is 0 Å². The van der Waals surface area contributed by atoms with E-state index in [1.807, 2.05) is 16.7 Å². The molecule has 0 aliphatic carbocycles. The van der Waals surface area contributed by atoms with E-state index in [2.05, 4.69) is 20.3 Å². The van der Waals surface area contributed by atoms with Crippen LogP contribution in [0.4, 0.5) is 11.5 Å². The number of rotatable bonds is 3. The zero-order valence-corrected chi connectivity index (χ0v) is 12.9. The number of anilines is 2. The Morgan fingerprint density at radius 3 is 2.83 bits per heavy atom. The van der Waals surface area contributed by atoms with Crippen LogP contribution in [0.15, 0.2) is 30.6 Å². The SMILES string of the molecule is Oc1nc(Nc2ccc(Cl)cc2)c2ncn(C3CCCO3)c2n1. The number of fused-ring (bicyclic) bond motifs is 1. The molecule has 2 aromatic heterocycles. The third-order valence-electron chi connectivity index (χ3n) is 3.73. The van der Waals surface area contributed by atoms with Gasteiger partial charge in [0.25, 0.3) is 0 Å². The van der Waals surface area contributed by atoms with E-state index >= 15 is 0 Å². The van der Waals surface area contributed by atoms with Crippen LogP contribution in [0.1, 0.15) is 19.1 Å². The lowest BCUT2D eigenvalue weighted by Gasteiger charge is -2.12. The standard InChI is InChI=1S/C15H14ClN5O2/c16-9-3-5-10(6-4-9)18-13-12-14(20-15(22)19-13)21(8-17-12)11-2-1-7-23-11/h3-6,8,11H,1-2,7H2,(H2,18,19,20,22). The Morgan fingerprint density at radius 1 is 1.26 bits per heavy atom. The molecule has 3 aromatic rings. The minimum absolute atomic E-state index is 0.0994. The van der Waals surface area contributed by atoms with E-state index in [0.29, 0.717) is 22.0 Å². The van der Waals surface area contributed by atoms with Gasteiger partial charge in [0, 0.05) is 17.3 Å². The number of aromatic hydroxyl groups is 1. The molecule has 7 nitrogen and oxygen atoms in total. The maximum absolute atomic E-state index is 9.85. The maximum atomic E-state index is 9.85. The number of halogens is 1. The molecule has 1 fully saturated rings. The number of benzene rings is 1. The van der Waals surface area contributed by atoms with Gasteiger partial charge in [-0.05, 0) is 37.1 Å². The third-order valence-corrected chi connectivity index (χ3v) is 3.98. The molecule has 118 valence electrons. The fraction of sp³-hybridized carbons (Fsp3) is 0.267. The zero-order valence-electron chi connectivity index (χ0n) is 12.1. The second-order valence-electron chi connectivity index (χ2n) is 5.30. The van der Waals surface area contributed by atoms with Crippen molar-refractivity contribution in [2.75, 3.05) is 11.9 Å². The van der Waals surface area contributed by atoms with Gasteiger partial charge in [0.2, 0.25) is 0 Å². The van der Waals surface area contributed by atoms with Crippen LogP contribution in [0.3, 0.4) is 0 Å². The van der Waals surface area contributed by atoms with Crippen LogP contribution in [-0.2, 0) is 4.74 Å². The van der Waals surface area contributed by atoms with Gasteiger partial charge < -0.3 is 15.2 Å². The van der Waals surface area contributed by atoms with Crippen molar-refractivity contribution in [3.8, 4) is 6.01 Å². The van der Waals surface area contributed by atoms with E-state index in [9.17, 15) is 5.11 Å². The van der Waals surface area contributed by atoms with Crippen LogP contribution in [-0.4, -0.2) is 31.2 Å². The van der Waals surface area contributed by atoms with Gasteiger partial charge in [-0.15, -0.1) is 0 Å². The molecule has 1 aromatic carbocycles. The van der Waals surface area contributed by atoms with Gasteiger partial charge in [0.05, 0.1) is 6.33 Å². The first-order valence-corrected chi connectivity index (χ1v) is 7.66. The van der Waals surface area contributed by atoms with Crippen molar-refractivity contribution >= 4 is 34.3 Å². The van der Waals surface area contributed by atoms with Gasteiger partial charge in [-0.25, -0.2) is 4.98 Å². The van der Waals surface area contributed by atoms with Gasteiger partial charge in [-0.3, -0.25) is 4.57 Å². The number of hydrogen-bond acceptors (Lipinski definition) is 6. The topological polar surface area (TPSA) is 85.1 Å². The van der Waals surface area contributed by atoms with Crippen molar-refractivity contribution in [2.45, 2.75) is 19.1 Å². The maximum Gasteiger partial charge on any atom is 0.318 e. The molecule has 23 heavy (non-hydrogen) atoms. The first-order chi connectivity index (χ1) is 11.2. The minimum Gasteiger partial charge on any atom is -0.479 e. The fourth-order valence-corrected chi connectivity index (χ4v) is 2.78. The number of nitrogens with zero attached hydrogens (tertiary/aromatic N) is 4. The quantitative estimate of drug-likeness (QED) is 0.766. The summed E-state index contributed by atoms with van der Waals surface area (Å²) < 4.78 is 7.49. The third kappa shape index (κ3) is 2.69. The Bertz CT molecular complexity index is 843. The van der Waals surface area contributed by atoms with Gasteiger partial charge in [0.15, 0.2) is 17.0 Å². The lowest BCUT2D eigenvalue weighted by Crippen LogP contribution is -2.07. The Morgan fingerprint density at radius 2 is 2.09 bits per heavy atom. The minimum atomic E-state index is -0.311. The lowest BCUT2D eigenvalue weighted by atomic mass is 10.3. The van der Waals surface area contributed by atoms with Crippen LogP contribution in [0.5, 0.6) is 6.01 Å². The molecule has 1 atom stereocenters. The van der Waals surface area contributed by atoms with E-state index in [4.69, 9.17) is 16.3 Å². The molecule has 8 heteroatoms. The highest BCUT2D eigenvalue weighted by molar-refractivity contribution is 6.30. The van der Waals surface area contributed by atoms with Gasteiger partial charge in [0.1, 0.15) is 6.23 Å². The first kappa shape index (κ1) is 14.2. The molecule has 2 N–H and O–H groups in total. The average Bonchev–Trinajstić information content (AvgIpc) is 3.18. The smallest absolute Gasteiger partial charge is 0.318 e. The van der Waals surface area contributed by atoms with Crippen LogP contribution >= 0.6 is 11.6 Å². The van der Waals surface area contributed by atoms with Crippen molar-refractivity contribution in [3.63, 3.8) is 0 Å². The second kappa shape index (κ2) is 5.68. The molecule has 0 bridgehead atoms. The number of ether oxygens (including phenoxy) is 1. The summed E-state index contributed by atoms with van der Waals surface area (Å²) in [6, 6.07) is 6.88. The van der Waals surface area contributed by atoms with Gasteiger partial charge in [-0.1, -0.05) is 11.6 Å². The van der Waals surface area contributed by atoms with Crippen LogP contribution < -0.4 is 5.32 Å². The Hall–Kier alpha value is -2.38. The predicted octanol–water partition coefficient (Wildman–Crippen LogP) is 3.24. The Labute approximate surface area is 136 Å². The van der Waals surface area contributed by atoms with Gasteiger partial charge >= 0.3 is 6.01 Å². The fourth-order valence-electron chi connectivity index (χ4n) is 2.65. The molecular weight excluding hydrogens is 318 g/mol. The molecule has 0 spiro atoms. The summed E-state index contributed by atoms with van der Waals surface area (Å²) in [5, 5.41) is 13.6. The summed E-state index contributed by atoms with van der Waals surface area (Å²) in [7, 11) is 0. The molecular formula is C15H14ClN5O2. The van der Waals surface area contributed by atoms with Crippen LogP contribution in [0, 0.1) is 0 Å². The van der Waals surface area contributed by atoms with E-state index < -0.39 is 0 Å². The highest BCUT2D eigenvalue weighted by atomic mass is 35.5. The van der Waals surface area contributed by atoms with Crippen molar-refractivity contribution in [1.29, 1.82) is 0 Å². The molecule has 3 heterocycles. The summed E-state index contributed by atoms with van der Waals surface area (Å²) in [6.45, 7) is 0.720. The monoisotopic (exact) mass is 331 g/mol. The lowest BCUT2D eigenvalue weighted by molar-refractivity contribution is 0.0592. The van der Waals surface area contributed by atoms with Crippen LogP contribution in [0.25, 0.3) is 11.2 Å². The van der Waals surface area contributed by atoms with E-state index in [1.54, 1.807) is 18.5 Å². The summed E-state index contributed by atoms with van der Waals surface area (Å²) in [5.41, 5.74) is 1.91. The summed E-state index contributed by atoms with van der Waals surface area (Å²) in [4.78, 5) is 12.5. The number of aromatic nitrogens is 4. The molecule has 0 saturated carbocycles. The van der Waals surface area contributed by atoms with Gasteiger partial charge in [-0.2, -0.15) is 9.97 Å². The van der Waals surface area contributed by atoms with Crippen molar-refractivity contribution < 1.29 is 9.84 Å². The number of hydrogen-bond donors (Lipinski definition) is 2. The van der Waals surface area contributed by atoms with Crippen molar-refractivity contribution in [2.24, 2.45) is 0 Å². The summed E-state index contributed by atoms with van der Waals surface area (Å²) in [5.74, 6) is 0.437. The molecule has 4 rings (SSSR count). The first-order valence-electron chi connectivity index (χ1n) is 7.28. The molecule has 1 unspecified atom stereocenters. The zero-order chi connectivity index (χ0) is 15.8. The Kier molecular flexibility index (Phi) is 3.51. The molecule has 0 amide bonds. The molecule has 1 aliphatic heterocycles. The van der Waals surface area contributed by atoms with Crippen molar-refractivity contribution in [1.82, 2.24) is 19.5 Å². The number of nitrogens with one attached hydrogen (secondary N) is 1. The normalized spacial score (nSPS) is 17.7. The molecule has 1 saturated heterocycles. The molecule has 1 aliphatic rings. The van der Waals surface area contributed by atoms with E-state index in [-0.39, 0.29) is 12.2 Å². The predicted molar refractivity (Wildman–Crippen MR) is 85.9 cm³/mol. The highest BCUT2D eigenvalue weighted by Gasteiger charge is 2.22. The number of imidazole rings is 1. The van der Waals surface area contributed by atoms with E-state index in [0.717, 1.165) is 25.1 Å². The second-order valence-corrected chi connectivity index (χ2v) is 5.73. The summed E-state index contributed by atoms with van der Waals surface area (Å²) >= 11 is 5.89. The van der Waals surface area contributed by atoms with Crippen molar-refractivity contribution in [3.05, 3.63) is 35.6 Å². The average molecular weight is 332 g/mol. The Balaban J connectivity index is 1.75. The van der Waals surface area contributed by atoms with Crippen LogP contribution in [0.2, 0.25) is 5.02 Å². The molecule has 0 radical (unpaired) electrons. The summed E-state index contributed by atoms with van der Waals surface area (Å²) in [6.07, 6.45) is 3.47.